The van der Waals surface area contributed by atoms with E-state index in [9.17, 15) is 0 Å². The van der Waals surface area contributed by atoms with Gasteiger partial charge >= 0.3 is 0 Å². The number of nitrogens with one attached hydrogen (secondary N) is 1. The summed E-state index contributed by atoms with van der Waals surface area (Å²) in [5.74, 6) is 0. The molecule has 166 valence electrons. The standard InChI is InChI=1S/C27H25ClN4S/c1-17-11-13-20(14-12-17)32-26(25(30-27(32)33)23-9-6-7-15-29-23)21-16-18(2)31(19(21)3)24-10-5-4-8-22(24)28/h4-16,25-26H,1-3H3,(H,30,33)/t25-,26+/m0/s1. The summed E-state index contributed by atoms with van der Waals surface area (Å²) in [5, 5.41) is 4.97. The second-order valence-corrected chi connectivity index (χ2v) is 9.24. The van der Waals surface area contributed by atoms with E-state index < -0.39 is 0 Å². The molecule has 0 spiro atoms. The van der Waals surface area contributed by atoms with Crippen molar-refractivity contribution in [1.82, 2.24) is 14.9 Å². The van der Waals surface area contributed by atoms with Crippen LogP contribution >= 0.6 is 23.8 Å². The van der Waals surface area contributed by atoms with E-state index in [2.05, 4.69) is 83.0 Å². The van der Waals surface area contributed by atoms with Crippen molar-refractivity contribution >= 4 is 34.6 Å². The maximum absolute atomic E-state index is 6.58. The number of rotatable bonds is 4. The van der Waals surface area contributed by atoms with Crippen molar-refractivity contribution in [3.8, 4) is 5.69 Å². The zero-order valence-electron chi connectivity index (χ0n) is 18.8. The molecule has 1 aliphatic heterocycles. The van der Waals surface area contributed by atoms with Gasteiger partial charge in [-0.3, -0.25) is 4.98 Å². The molecule has 1 N–H and O–H groups in total. The monoisotopic (exact) mass is 472 g/mol. The largest absolute Gasteiger partial charge is 0.351 e. The van der Waals surface area contributed by atoms with Gasteiger partial charge in [-0.25, -0.2) is 0 Å². The van der Waals surface area contributed by atoms with Crippen molar-refractivity contribution in [2.24, 2.45) is 0 Å². The molecule has 1 saturated heterocycles. The van der Waals surface area contributed by atoms with Gasteiger partial charge in [0.2, 0.25) is 0 Å². The first-order valence-corrected chi connectivity index (χ1v) is 11.8. The summed E-state index contributed by atoms with van der Waals surface area (Å²) in [4.78, 5) is 6.88. The lowest BCUT2D eigenvalue weighted by atomic mass is 9.96. The topological polar surface area (TPSA) is 33.1 Å². The maximum atomic E-state index is 6.58. The Labute approximate surface area is 204 Å². The van der Waals surface area contributed by atoms with Crippen molar-refractivity contribution in [3.63, 3.8) is 0 Å². The molecular weight excluding hydrogens is 448 g/mol. The minimum atomic E-state index is -0.0831. The molecule has 0 amide bonds. The number of aryl methyl sites for hydroxylation is 2. The van der Waals surface area contributed by atoms with Crippen molar-refractivity contribution in [1.29, 1.82) is 0 Å². The summed E-state index contributed by atoms with van der Waals surface area (Å²) in [5.41, 5.74) is 7.66. The average molecular weight is 473 g/mol. The van der Waals surface area contributed by atoms with E-state index in [0.717, 1.165) is 33.5 Å². The van der Waals surface area contributed by atoms with Crippen LogP contribution in [0.1, 0.15) is 40.3 Å². The fourth-order valence-corrected chi connectivity index (χ4v) is 5.31. The minimum Gasteiger partial charge on any atom is -0.351 e. The molecule has 0 saturated carbocycles. The summed E-state index contributed by atoms with van der Waals surface area (Å²) < 4.78 is 2.22. The number of pyridine rings is 1. The molecule has 0 radical (unpaired) electrons. The molecule has 33 heavy (non-hydrogen) atoms. The van der Waals surface area contributed by atoms with Crippen molar-refractivity contribution in [2.75, 3.05) is 4.90 Å². The first-order valence-electron chi connectivity index (χ1n) is 11.0. The van der Waals surface area contributed by atoms with Gasteiger partial charge in [-0.05, 0) is 81.0 Å². The highest BCUT2D eigenvalue weighted by atomic mass is 35.5. The van der Waals surface area contributed by atoms with Gasteiger partial charge in [-0.15, -0.1) is 0 Å². The highest BCUT2D eigenvalue weighted by Gasteiger charge is 2.42. The van der Waals surface area contributed by atoms with Crippen LogP contribution in [0.2, 0.25) is 5.02 Å². The summed E-state index contributed by atoms with van der Waals surface area (Å²) >= 11 is 12.5. The summed E-state index contributed by atoms with van der Waals surface area (Å²) in [6, 6.07) is 24.6. The molecule has 4 nitrogen and oxygen atoms in total. The summed E-state index contributed by atoms with van der Waals surface area (Å²) in [7, 11) is 0. The van der Waals surface area contributed by atoms with Crippen LogP contribution in [0.5, 0.6) is 0 Å². The highest BCUT2D eigenvalue weighted by Crippen LogP contribution is 2.44. The second-order valence-electron chi connectivity index (χ2n) is 8.45. The maximum Gasteiger partial charge on any atom is 0.174 e. The van der Waals surface area contributed by atoms with Crippen LogP contribution in [0, 0.1) is 20.8 Å². The van der Waals surface area contributed by atoms with Gasteiger partial charge < -0.3 is 14.8 Å². The van der Waals surface area contributed by atoms with Crippen LogP contribution in [-0.2, 0) is 0 Å². The molecule has 2 atom stereocenters. The Kier molecular flexibility index (Phi) is 5.69. The van der Waals surface area contributed by atoms with Gasteiger partial charge in [0.05, 0.1) is 28.5 Å². The Bertz CT molecular complexity index is 1310. The van der Waals surface area contributed by atoms with E-state index in [0.29, 0.717) is 5.11 Å². The average Bonchev–Trinajstić information content (AvgIpc) is 3.31. The van der Waals surface area contributed by atoms with Gasteiger partial charge in [0.25, 0.3) is 0 Å². The van der Waals surface area contributed by atoms with Gasteiger partial charge in [0.15, 0.2) is 5.11 Å². The fourth-order valence-electron chi connectivity index (χ4n) is 4.75. The molecule has 0 bridgehead atoms. The first-order chi connectivity index (χ1) is 16.0. The number of thiocarbonyl (C=S) groups is 1. The predicted molar refractivity (Wildman–Crippen MR) is 139 cm³/mol. The normalized spacial score (nSPS) is 17.9. The number of hydrogen-bond acceptors (Lipinski definition) is 2. The van der Waals surface area contributed by atoms with Crippen molar-refractivity contribution in [2.45, 2.75) is 32.9 Å². The molecule has 6 heteroatoms. The number of nitrogens with zero attached hydrogens (tertiary/aromatic N) is 3. The Balaban J connectivity index is 1.69. The highest BCUT2D eigenvalue weighted by molar-refractivity contribution is 7.80. The number of benzene rings is 2. The predicted octanol–water partition coefficient (Wildman–Crippen LogP) is 6.63. The number of halogens is 1. The molecule has 0 unspecified atom stereocenters. The van der Waals surface area contributed by atoms with Gasteiger partial charge in [0.1, 0.15) is 0 Å². The van der Waals surface area contributed by atoms with E-state index in [1.807, 2.05) is 36.5 Å². The van der Waals surface area contributed by atoms with Crippen LogP contribution in [0.3, 0.4) is 0 Å². The lowest BCUT2D eigenvalue weighted by molar-refractivity contribution is 0.565. The number of hydrogen-bond donors (Lipinski definition) is 1. The summed E-state index contributed by atoms with van der Waals surface area (Å²) in [6.45, 7) is 6.36. The van der Waals surface area contributed by atoms with Crippen LogP contribution in [-0.4, -0.2) is 14.7 Å². The van der Waals surface area contributed by atoms with Crippen LogP contribution < -0.4 is 10.2 Å². The fraction of sp³-hybridized carbons (Fsp3) is 0.185. The lowest BCUT2D eigenvalue weighted by Crippen LogP contribution is -2.29. The Morgan fingerprint density at radius 2 is 1.67 bits per heavy atom. The number of para-hydroxylation sites is 1. The quantitative estimate of drug-likeness (QED) is 0.338. The van der Waals surface area contributed by atoms with E-state index in [1.165, 1.54) is 11.1 Å². The Morgan fingerprint density at radius 1 is 0.939 bits per heavy atom. The molecule has 1 fully saturated rings. The SMILES string of the molecule is Cc1ccc(N2C(=S)N[C@@H](c3ccccn3)[C@H]2c2cc(C)n(-c3ccccc3Cl)c2C)cc1. The molecule has 4 aromatic rings. The molecule has 5 rings (SSSR count). The Hall–Kier alpha value is -3.15. The number of anilines is 1. The zero-order chi connectivity index (χ0) is 23.1. The molecular formula is C27H25ClN4S. The van der Waals surface area contributed by atoms with E-state index in [-0.39, 0.29) is 12.1 Å². The van der Waals surface area contributed by atoms with Gasteiger partial charge in [-0.1, -0.05) is 47.5 Å². The van der Waals surface area contributed by atoms with Crippen molar-refractivity contribution in [3.05, 3.63) is 112 Å². The third-order valence-electron chi connectivity index (χ3n) is 6.29. The smallest absolute Gasteiger partial charge is 0.174 e. The van der Waals surface area contributed by atoms with Gasteiger partial charge in [0, 0.05) is 23.3 Å². The molecule has 0 aliphatic carbocycles. The lowest BCUT2D eigenvalue weighted by Gasteiger charge is -2.28. The van der Waals surface area contributed by atoms with E-state index in [1.54, 1.807) is 0 Å². The van der Waals surface area contributed by atoms with Crippen LogP contribution in [0.4, 0.5) is 5.69 Å². The molecule has 3 heterocycles. The van der Waals surface area contributed by atoms with Crippen LogP contribution in [0.15, 0.2) is 79.0 Å². The Morgan fingerprint density at radius 3 is 2.36 bits per heavy atom. The molecule has 2 aromatic heterocycles. The number of aromatic nitrogens is 2. The van der Waals surface area contributed by atoms with E-state index in [4.69, 9.17) is 23.8 Å². The van der Waals surface area contributed by atoms with Crippen LogP contribution in [0.25, 0.3) is 5.69 Å². The zero-order valence-corrected chi connectivity index (χ0v) is 20.4. The third-order valence-corrected chi connectivity index (χ3v) is 6.93. The molecule has 1 aliphatic rings. The second kappa shape index (κ2) is 8.65. The van der Waals surface area contributed by atoms with Gasteiger partial charge in [-0.2, -0.15) is 0 Å². The van der Waals surface area contributed by atoms with E-state index >= 15 is 0 Å². The minimum absolute atomic E-state index is 0.0578. The summed E-state index contributed by atoms with van der Waals surface area (Å²) in [6.07, 6.45) is 1.83. The first kappa shape index (κ1) is 21.7. The molecule has 2 aromatic carbocycles. The third kappa shape index (κ3) is 3.81. The van der Waals surface area contributed by atoms with Crippen molar-refractivity contribution < 1.29 is 0 Å².